The Balaban J connectivity index is 1.77. The van der Waals surface area contributed by atoms with Crippen LogP contribution in [0.2, 0.25) is 0 Å². The van der Waals surface area contributed by atoms with Gasteiger partial charge in [-0.25, -0.2) is 0 Å². The molecule has 16 heavy (non-hydrogen) atoms. The van der Waals surface area contributed by atoms with Gasteiger partial charge in [-0.05, 0) is 12.5 Å². The van der Waals surface area contributed by atoms with E-state index in [2.05, 4.69) is 0 Å². The van der Waals surface area contributed by atoms with Gasteiger partial charge in [-0.3, -0.25) is 14.9 Å². The van der Waals surface area contributed by atoms with Gasteiger partial charge in [-0.15, -0.1) is 0 Å². The molecule has 1 aromatic carbocycles. The van der Waals surface area contributed by atoms with E-state index in [1.807, 2.05) is 30.3 Å². The molecule has 0 spiro atoms. The minimum absolute atomic E-state index is 0.254. The number of benzene rings is 1. The van der Waals surface area contributed by atoms with E-state index in [1.54, 1.807) is 6.92 Å². The predicted molar refractivity (Wildman–Crippen MR) is 56.3 cm³/mol. The molecule has 2 rings (SSSR count). The molecule has 1 aliphatic heterocycles. The van der Waals surface area contributed by atoms with Crippen molar-refractivity contribution in [1.29, 1.82) is 0 Å². The lowest BCUT2D eigenvalue weighted by atomic mass is 10.2. The Morgan fingerprint density at radius 3 is 2.75 bits per heavy atom. The largest absolute Gasteiger partial charge is 0.371 e. The van der Waals surface area contributed by atoms with E-state index in [-0.39, 0.29) is 6.10 Å². The van der Waals surface area contributed by atoms with Gasteiger partial charge in [0.2, 0.25) is 0 Å². The molecule has 0 saturated carbocycles. The molecule has 0 N–H and O–H groups in total. The van der Waals surface area contributed by atoms with Crippen molar-refractivity contribution >= 4 is 0 Å². The van der Waals surface area contributed by atoms with Crippen molar-refractivity contribution in [3.8, 4) is 0 Å². The Kier molecular flexibility index (Phi) is 3.17. The molecule has 0 amide bonds. The molecule has 1 aliphatic rings. The van der Waals surface area contributed by atoms with Crippen LogP contribution < -0.4 is 0 Å². The molecule has 0 aromatic heterocycles. The maximum atomic E-state index is 10.4. The van der Waals surface area contributed by atoms with Crippen molar-refractivity contribution in [3.63, 3.8) is 0 Å². The average Bonchev–Trinajstić information content (AvgIpc) is 3.07. The number of rotatable bonds is 5. The first-order valence-corrected chi connectivity index (χ1v) is 5.13. The molecular weight excluding hydrogens is 210 g/mol. The molecule has 0 unspecified atom stereocenters. The van der Waals surface area contributed by atoms with Crippen LogP contribution in [0.25, 0.3) is 0 Å². The number of hydrogen-bond donors (Lipinski definition) is 0. The van der Waals surface area contributed by atoms with Crippen LogP contribution in [0.5, 0.6) is 0 Å². The fourth-order valence-electron chi connectivity index (χ4n) is 1.52. The third-order valence-corrected chi connectivity index (χ3v) is 2.53. The van der Waals surface area contributed by atoms with E-state index >= 15 is 0 Å². The van der Waals surface area contributed by atoms with E-state index in [0.29, 0.717) is 6.61 Å². The van der Waals surface area contributed by atoms with Crippen LogP contribution in [0, 0.1) is 10.1 Å². The Hall–Kier alpha value is -1.46. The minimum Gasteiger partial charge on any atom is -0.371 e. The summed E-state index contributed by atoms with van der Waals surface area (Å²) >= 11 is 0. The third kappa shape index (κ3) is 2.56. The summed E-state index contributed by atoms with van der Waals surface area (Å²) in [6.45, 7) is 2.24. The van der Waals surface area contributed by atoms with E-state index in [0.717, 1.165) is 5.56 Å². The number of nitro groups is 1. The monoisotopic (exact) mass is 223 g/mol. The fourth-order valence-corrected chi connectivity index (χ4v) is 1.52. The zero-order valence-electron chi connectivity index (χ0n) is 8.91. The number of ether oxygens (including phenoxy) is 2. The molecule has 1 saturated heterocycles. The van der Waals surface area contributed by atoms with Gasteiger partial charge in [-0.1, -0.05) is 30.3 Å². The maximum Gasteiger partial charge on any atom is 0.345 e. The molecule has 1 fully saturated rings. The molecule has 0 bridgehead atoms. The topological polar surface area (TPSA) is 64.9 Å². The normalized spacial score (nSPS) is 25.1. The lowest BCUT2D eigenvalue weighted by molar-refractivity contribution is -0.516. The molecule has 1 aromatic rings. The van der Waals surface area contributed by atoms with Crippen LogP contribution in [-0.2, 0) is 16.1 Å². The van der Waals surface area contributed by atoms with Crippen LogP contribution in [0.4, 0.5) is 0 Å². The van der Waals surface area contributed by atoms with E-state index < -0.39 is 17.3 Å². The summed E-state index contributed by atoms with van der Waals surface area (Å²) in [4.78, 5) is 9.95. The zero-order valence-corrected chi connectivity index (χ0v) is 8.91. The highest BCUT2D eigenvalue weighted by molar-refractivity contribution is 5.13. The highest BCUT2D eigenvalue weighted by atomic mass is 16.7. The molecule has 5 heteroatoms. The Morgan fingerprint density at radius 1 is 1.50 bits per heavy atom. The van der Waals surface area contributed by atoms with Gasteiger partial charge >= 0.3 is 6.23 Å². The van der Waals surface area contributed by atoms with Gasteiger partial charge in [0, 0.05) is 0 Å². The van der Waals surface area contributed by atoms with Crippen LogP contribution >= 0.6 is 0 Å². The summed E-state index contributed by atoms with van der Waals surface area (Å²) in [7, 11) is 0. The Bertz CT molecular complexity index is 368. The zero-order chi connectivity index (χ0) is 11.5. The first-order valence-electron chi connectivity index (χ1n) is 5.13. The summed E-state index contributed by atoms with van der Waals surface area (Å²) in [5.41, 5.74) is 1.05. The van der Waals surface area contributed by atoms with Crippen molar-refractivity contribution in [1.82, 2.24) is 0 Å². The van der Waals surface area contributed by atoms with Crippen molar-refractivity contribution in [2.75, 3.05) is 0 Å². The van der Waals surface area contributed by atoms with Gasteiger partial charge in [0.15, 0.2) is 6.10 Å². The highest BCUT2D eigenvalue weighted by Crippen LogP contribution is 2.27. The molecule has 3 atom stereocenters. The first kappa shape index (κ1) is 11.0. The number of hydrogen-bond acceptors (Lipinski definition) is 4. The molecule has 5 nitrogen and oxygen atoms in total. The van der Waals surface area contributed by atoms with Gasteiger partial charge in [0.05, 0.1) is 17.6 Å². The van der Waals surface area contributed by atoms with Crippen molar-refractivity contribution in [2.45, 2.75) is 32.0 Å². The smallest absolute Gasteiger partial charge is 0.345 e. The second-order valence-electron chi connectivity index (χ2n) is 3.78. The number of epoxide rings is 1. The van der Waals surface area contributed by atoms with Crippen molar-refractivity contribution in [3.05, 3.63) is 46.0 Å². The lowest BCUT2D eigenvalue weighted by Gasteiger charge is -2.09. The number of nitrogens with zero attached hydrogens (tertiary/aromatic N) is 1. The van der Waals surface area contributed by atoms with Crippen LogP contribution in [0.3, 0.4) is 0 Å². The molecular formula is C11H13NO4. The van der Waals surface area contributed by atoms with E-state index in [9.17, 15) is 10.1 Å². The summed E-state index contributed by atoms with van der Waals surface area (Å²) in [6, 6.07) is 9.68. The summed E-state index contributed by atoms with van der Waals surface area (Å²) in [5, 5.41) is 10.4. The lowest BCUT2D eigenvalue weighted by Crippen LogP contribution is -2.20. The fraction of sp³-hybridized carbons (Fsp3) is 0.455. The van der Waals surface area contributed by atoms with Crippen LogP contribution in [-0.4, -0.2) is 23.4 Å². The van der Waals surface area contributed by atoms with Gasteiger partial charge in [0.1, 0.15) is 0 Å². The third-order valence-electron chi connectivity index (χ3n) is 2.53. The minimum atomic E-state index is -0.884. The predicted octanol–water partition coefficient (Wildman–Crippen LogP) is 1.59. The average molecular weight is 223 g/mol. The van der Waals surface area contributed by atoms with Crippen LogP contribution in [0.1, 0.15) is 12.5 Å². The van der Waals surface area contributed by atoms with Crippen molar-refractivity contribution < 1.29 is 14.4 Å². The molecule has 0 aliphatic carbocycles. The van der Waals surface area contributed by atoms with E-state index in [4.69, 9.17) is 9.47 Å². The van der Waals surface area contributed by atoms with Gasteiger partial charge in [-0.2, -0.15) is 0 Å². The highest BCUT2D eigenvalue weighted by Gasteiger charge is 2.54. The van der Waals surface area contributed by atoms with Gasteiger partial charge < -0.3 is 4.74 Å². The standard InChI is InChI=1S/C11H13NO4/c1-8(10-11(16-10)12(13)14)15-7-9-5-3-2-4-6-9/h2-6,8,10-11H,7H2,1H3/t8-,10-,11+/m0/s1. The van der Waals surface area contributed by atoms with E-state index in [1.165, 1.54) is 0 Å². The maximum absolute atomic E-state index is 10.4. The molecule has 1 heterocycles. The summed E-state index contributed by atoms with van der Waals surface area (Å²) in [5.74, 6) is 0. The summed E-state index contributed by atoms with van der Waals surface area (Å²) in [6.07, 6.45) is -1.54. The Labute approximate surface area is 93.1 Å². The summed E-state index contributed by atoms with van der Waals surface area (Å²) < 4.78 is 10.4. The Morgan fingerprint density at radius 2 is 2.19 bits per heavy atom. The molecule has 86 valence electrons. The second kappa shape index (κ2) is 4.59. The quantitative estimate of drug-likeness (QED) is 0.432. The van der Waals surface area contributed by atoms with Crippen LogP contribution in [0.15, 0.2) is 30.3 Å². The van der Waals surface area contributed by atoms with Crippen molar-refractivity contribution in [2.24, 2.45) is 0 Å². The SMILES string of the molecule is C[C@H](OCc1ccccc1)[C@@H]1O[C@H]1[N+](=O)[O-]. The first-order chi connectivity index (χ1) is 7.68. The second-order valence-corrected chi connectivity index (χ2v) is 3.78. The molecule has 0 radical (unpaired) electrons. The van der Waals surface area contributed by atoms with Gasteiger partial charge in [0.25, 0.3) is 0 Å².